The third-order valence-electron chi connectivity index (χ3n) is 5.98. The average Bonchev–Trinajstić information content (AvgIpc) is 3.14. The summed E-state index contributed by atoms with van der Waals surface area (Å²) in [6.07, 6.45) is 6.34. The summed E-state index contributed by atoms with van der Waals surface area (Å²) in [5.41, 5.74) is 5.57. The van der Waals surface area contributed by atoms with Crippen LogP contribution in [-0.4, -0.2) is 50.2 Å². The number of aromatic nitrogens is 2. The highest BCUT2D eigenvalue weighted by Crippen LogP contribution is 2.32. The van der Waals surface area contributed by atoms with Crippen LogP contribution in [0.3, 0.4) is 0 Å². The van der Waals surface area contributed by atoms with E-state index in [4.69, 9.17) is 16.4 Å². The van der Waals surface area contributed by atoms with Gasteiger partial charge in [-0.25, -0.2) is 15.4 Å². The number of hydrogen-bond acceptors (Lipinski definition) is 7. The fraction of sp³-hybridized carbons (Fsp3) is 0.333. The lowest BCUT2D eigenvalue weighted by atomic mass is 10.0. The standard InChI is InChI=1S/C24H27ClN6O3/c1-14(21(32)30(5)24(2,3)4)31-13-16-7-6-15(10-18(16)22(31)33)20-19(25)12-26-23(29-20)28-17-8-9-34-27-11-17/h6-12,14,27H,13H2,1-5H3,(H,26,28,29)/t14-/m1/s1. The number of hydroxylamine groups is 1. The average molecular weight is 483 g/mol. The van der Waals surface area contributed by atoms with E-state index < -0.39 is 6.04 Å². The van der Waals surface area contributed by atoms with Crippen molar-refractivity contribution in [2.24, 2.45) is 0 Å². The second kappa shape index (κ2) is 8.98. The van der Waals surface area contributed by atoms with Crippen LogP contribution in [0.1, 0.15) is 43.6 Å². The van der Waals surface area contributed by atoms with E-state index in [0.29, 0.717) is 40.0 Å². The molecular weight excluding hydrogens is 456 g/mol. The van der Waals surface area contributed by atoms with Gasteiger partial charge in [0.2, 0.25) is 11.9 Å². The van der Waals surface area contributed by atoms with Crippen molar-refractivity contribution in [1.29, 1.82) is 0 Å². The number of nitrogens with one attached hydrogen (secondary N) is 2. The van der Waals surface area contributed by atoms with Crippen LogP contribution in [0.5, 0.6) is 0 Å². The van der Waals surface area contributed by atoms with Crippen LogP contribution in [0.15, 0.2) is 48.6 Å². The Balaban J connectivity index is 1.58. The number of halogens is 1. The highest BCUT2D eigenvalue weighted by molar-refractivity contribution is 6.33. The summed E-state index contributed by atoms with van der Waals surface area (Å²) in [4.78, 5) is 43.2. The minimum atomic E-state index is -0.583. The van der Waals surface area contributed by atoms with Crippen molar-refractivity contribution in [2.75, 3.05) is 12.4 Å². The highest BCUT2D eigenvalue weighted by atomic mass is 35.5. The molecule has 1 aromatic carbocycles. The Hall–Kier alpha value is -3.59. The number of allylic oxidation sites excluding steroid dienone is 1. The molecule has 0 saturated carbocycles. The lowest BCUT2D eigenvalue weighted by Gasteiger charge is -2.36. The number of carbonyl (C=O) groups excluding carboxylic acids is 2. The molecule has 10 heteroatoms. The zero-order chi connectivity index (χ0) is 24.6. The van der Waals surface area contributed by atoms with E-state index in [0.717, 1.165) is 5.56 Å². The first-order valence-corrected chi connectivity index (χ1v) is 11.2. The van der Waals surface area contributed by atoms with E-state index in [9.17, 15) is 9.59 Å². The van der Waals surface area contributed by atoms with Gasteiger partial charge in [-0.05, 0) is 39.3 Å². The molecule has 0 aliphatic carbocycles. The number of likely N-dealkylation sites (N-methyl/N-ethyl adjacent to an activating group) is 1. The van der Waals surface area contributed by atoms with Gasteiger partial charge in [-0.3, -0.25) is 9.59 Å². The maximum absolute atomic E-state index is 13.3. The molecule has 2 aliphatic heterocycles. The summed E-state index contributed by atoms with van der Waals surface area (Å²) in [5.74, 6) is 0.0541. The smallest absolute Gasteiger partial charge is 0.255 e. The summed E-state index contributed by atoms with van der Waals surface area (Å²) in [6.45, 7) is 8.03. The first-order valence-electron chi connectivity index (χ1n) is 10.9. The fourth-order valence-electron chi connectivity index (χ4n) is 3.66. The number of carbonyl (C=O) groups is 2. The number of benzene rings is 1. The van der Waals surface area contributed by atoms with E-state index in [1.54, 1.807) is 42.1 Å². The Labute approximate surface area is 203 Å². The molecule has 0 saturated heterocycles. The van der Waals surface area contributed by atoms with Gasteiger partial charge < -0.3 is 20.0 Å². The predicted molar refractivity (Wildman–Crippen MR) is 129 cm³/mol. The molecule has 178 valence electrons. The van der Waals surface area contributed by atoms with Crippen LogP contribution in [-0.2, 0) is 16.2 Å². The highest BCUT2D eigenvalue weighted by Gasteiger charge is 2.37. The van der Waals surface area contributed by atoms with Gasteiger partial charge in [0.1, 0.15) is 12.3 Å². The molecule has 9 nitrogen and oxygen atoms in total. The molecule has 2 aliphatic rings. The Morgan fingerprint density at radius 2 is 2.12 bits per heavy atom. The van der Waals surface area contributed by atoms with Crippen LogP contribution in [0.2, 0.25) is 5.02 Å². The minimum absolute atomic E-state index is 0.102. The van der Waals surface area contributed by atoms with Gasteiger partial charge in [0.25, 0.3) is 5.91 Å². The van der Waals surface area contributed by atoms with Crippen LogP contribution >= 0.6 is 11.6 Å². The van der Waals surface area contributed by atoms with Gasteiger partial charge in [0, 0.05) is 36.3 Å². The monoisotopic (exact) mass is 482 g/mol. The number of anilines is 1. The predicted octanol–water partition coefficient (Wildman–Crippen LogP) is 3.70. The van der Waals surface area contributed by atoms with Crippen molar-refractivity contribution in [3.8, 4) is 11.3 Å². The first-order chi connectivity index (χ1) is 16.1. The second-order valence-electron chi connectivity index (χ2n) is 9.20. The maximum Gasteiger partial charge on any atom is 0.255 e. The molecule has 4 rings (SSSR count). The molecule has 0 spiro atoms. The van der Waals surface area contributed by atoms with Crippen LogP contribution in [0.4, 0.5) is 5.95 Å². The number of rotatable bonds is 5. The fourth-order valence-corrected chi connectivity index (χ4v) is 3.86. The Morgan fingerprint density at radius 3 is 2.79 bits per heavy atom. The summed E-state index contributed by atoms with van der Waals surface area (Å²) in [7, 11) is 1.76. The molecule has 0 bridgehead atoms. The van der Waals surface area contributed by atoms with E-state index in [1.165, 1.54) is 12.5 Å². The normalized spacial score (nSPS) is 15.8. The summed E-state index contributed by atoms with van der Waals surface area (Å²) in [5, 5.41) is 3.43. The van der Waals surface area contributed by atoms with Crippen molar-refractivity contribution in [3.05, 3.63) is 64.8 Å². The molecule has 2 aromatic rings. The summed E-state index contributed by atoms with van der Waals surface area (Å²) >= 11 is 6.40. The van der Waals surface area contributed by atoms with Gasteiger partial charge in [-0.15, -0.1) is 0 Å². The van der Waals surface area contributed by atoms with Crippen LogP contribution in [0, 0.1) is 0 Å². The van der Waals surface area contributed by atoms with Gasteiger partial charge in [-0.1, -0.05) is 23.7 Å². The lowest BCUT2D eigenvalue weighted by molar-refractivity contribution is -0.138. The Kier molecular flexibility index (Phi) is 6.22. The SMILES string of the molecule is C[C@H](C(=O)N(C)C(C)(C)C)N1Cc2ccc(-c3nc(NC4=CNOC=C4)ncc3Cl)cc2C1=O. The van der Waals surface area contributed by atoms with E-state index >= 15 is 0 Å². The number of fused-ring (bicyclic) bond motifs is 1. The third kappa shape index (κ3) is 4.56. The number of nitrogens with zero attached hydrogens (tertiary/aromatic N) is 4. The second-order valence-corrected chi connectivity index (χ2v) is 9.61. The molecule has 1 atom stereocenters. The van der Waals surface area contributed by atoms with Crippen molar-refractivity contribution in [2.45, 2.75) is 45.8 Å². The molecule has 0 fully saturated rings. The third-order valence-corrected chi connectivity index (χ3v) is 6.25. The van der Waals surface area contributed by atoms with Crippen molar-refractivity contribution < 1.29 is 14.4 Å². The minimum Gasteiger partial charge on any atom is -0.390 e. The molecule has 1 aromatic heterocycles. The summed E-state index contributed by atoms with van der Waals surface area (Å²) in [6, 6.07) is 4.94. The number of amides is 2. The molecule has 3 heterocycles. The van der Waals surface area contributed by atoms with Crippen molar-refractivity contribution in [3.63, 3.8) is 0 Å². The molecule has 0 radical (unpaired) electrons. The van der Waals surface area contributed by atoms with Crippen LogP contribution in [0.25, 0.3) is 11.3 Å². The molecule has 0 unspecified atom stereocenters. The van der Waals surface area contributed by atoms with Gasteiger partial charge in [-0.2, -0.15) is 0 Å². The zero-order valence-electron chi connectivity index (χ0n) is 19.7. The van der Waals surface area contributed by atoms with Gasteiger partial charge in [0.05, 0.1) is 28.8 Å². The molecular formula is C24H27ClN6O3. The molecule has 34 heavy (non-hydrogen) atoms. The largest absolute Gasteiger partial charge is 0.390 e. The number of hydrogen-bond donors (Lipinski definition) is 2. The Morgan fingerprint density at radius 1 is 1.35 bits per heavy atom. The van der Waals surface area contributed by atoms with E-state index in [2.05, 4.69) is 20.8 Å². The zero-order valence-corrected chi connectivity index (χ0v) is 20.5. The van der Waals surface area contributed by atoms with Crippen LogP contribution < -0.4 is 10.8 Å². The van der Waals surface area contributed by atoms with E-state index in [1.807, 2.05) is 32.9 Å². The molecule has 2 amide bonds. The van der Waals surface area contributed by atoms with Crippen molar-refractivity contribution >= 4 is 29.4 Å². The quantitative estimate of drug-likeness (QED) is 0.670. The van der Waals surface area contributed by atoms with Gasteiger partial charge in [0.15, 0.2) is 0 Å². The maximum atomic E-state index is 13.3. The molecule has 2 N–H and O–H groups in total. The first kappa shape index (κ1) is 23.6. The van der Waals surface area contributed by atoms with Gasteiger partial charge >= 0.3 is 0 Å². The van der Waals surface area contributed by atoms with E-state index in [-0.39, 0.29) is 17.4 Å². The Bertz CT molecular complexity index is 1200. The van der Waals surface area contributed by atoms with Crippen molar-refractivity contribution in [1.82, 2.24) is 25.2 Å². The lowest BCUT2D eigenvalue weighted by Crippen LogP contribution is -2.51. The topological polar surface area (TPSA) is 99.7 Å². The summed E-state index contributed by atoms with van der Waals surface area (Å²) < 4.78 is 0.